The van der Waals surface area contributed by atoms with Gasteiger partial charge in [0.1, 0.15) is 12.1 Å². The van der Waals surface area contributed by atoms with Gasteiger partial charge in [-0.3, -0.25) is 0 Å². The Balaban J connectivity index is 1.49. The van der Waals surface area contributed by atoms with Gasteiger partial charge in [0, 0.05) is 41.5 Å². The summed E-state index contributed by atoms with van der Waals surface area (Å²) < 4.78 is 30.1. The summed E-state index contributed by atoms with van der Waals surface area (Å²) in [7, 11) is -3.48. The van der Waals surface area contributed by atoms with E-state index >= 15 is 0 Å². The van der Waals surface area contributed by atoms with Gasteiger partial charge < -0.3 is 4.90 Å². The highest BCUT2D eigenvalue weighted by molar-refractivity contribution is 14.1. The molecule has 10 heteroatoms. The van der Waals surface area contributed by atoms with Crippen molar-refractivity contribution in [1.29, 1.82) is 0 Å². The average Bonchev–Trinajstić information content (AvgIpc) is 3.06. The highest BCUT2D eigenvalue weighted by Crippen LogP contribution is 2.22. The maximum atomic E-state index is 12.9. The number of rotatable bonds is 4. The first-order valence-corrected chi connectivity index (χ1v) is 11.7. The summed E-state index contributed by atoms with van der Waals surface area (Å²) in [6.45, 7) is 5.88. The highest BCUT2D eigenvalue weighted by Gasteiger charge is 2.29. The van der Waals surface area contributed by atoms with E-state index in [1.807, 2.05) is 38.1 Å². The van der Waals surface area contributed by atoms with Crippen molar-refractivity contribution in [3.63, 3.8) is 0 Å². The van der Waals surface area contributed by atoms with Gasteiger partial charge in [0.2, 0.25) is 10.0 Å². The summed E-state index contributed by atoms with van der Waals surface area (Å²) in [4.78, 5) is 11.1. The molecule has 1 aliphatic heterocycles. The maximum absolute atomic E-state index is 12.9. The molecule has 3 aromatic rings. The minimum absolute atomic E-state index is 0.334. The predicted molar refractivity (Wildman–Crippen MR) is 119 cm³/mol. The maximum Gasteiger partial charge on any atom is 0.243 e. The number of sulfonamides is 1. The molecule has 1 fully saturated rings. The fraction of sp³-hybridized carbons (Fsp3) is 0.316. The minimum Gasteiger partial charge on any atom is -0.354 e. The van der Waals surface area contributed by atoms with Gasteiger partial charge in [0.15, 0.2) is 5.82 Å². The van der Waals surface area contributed by atoms with Crippen molar-refractivity contribution < 1.29 is 8.42 Å². The van der Waals surface area contributed by atoms with Crippen molar-refractivity contribution in [2.45, 2.75) is 18.7 Å². The molecule has 0 bridgehead atoms. The third-order valence-electron chi connectivity index (χ3n) is 4.88. The normalized spacial score (nSPS) is 15.6. The highest BCUT2D eigenvalue weighted by atomic mass is 127. The molecule has 0 N–H and O–H groups in total. The van der Waals surface area contributed by atoms with E-state index in [1.54, 1.807) is 16.8 Å². The molecule has 0 radical (unpaired) electrons. The molecule has 0 unspecified atom stereocenters. The van der Waals surface area contributed by atoms with Crippen molar-refractivity contribution in [1.82, 2.24) is 24.1 Å². The second-order valence-corrected chi connectivity index (χ2v) is 10.1. The number of benzene rings is 1. The number of piperazine rings is 1. The fourth-order valence-corrected chi connectivity index (χ4v) is 5.18. The van der Waals surface area contributed by atoms with Crippen LogP contribution in [0.4, 0.5) is 5.82 Å². The lowest BCUT2D eigenvalue weighted by Crippen LogP contribution is -2.49. The van der Waals surface area contributed by atoms with Crippen molar-refractivity contribution in [3.8, 4) is 5.82 Å². The Kier molecular flexibility index (Phi) is 5.58. The van der Waals surface area contributed by atoms with E-state index in [1.165, 1.54) is 10.6 Å². The van der Waals surface area contributed by atoms with Gasteiger partial charge in [-0.1, -0.05) is 0 Å². The molecular weight excluding hydrogens is 503 g/mol. The fourth-order valence-electron chi connectivity index (χ4n) is 3.40. The van der Waals surface area contributed by atoms with E-state index in [0.717, 1.165) is 20.8 Å². The van der Waals surface area contributed by atoms with Crippen LogP contribution < -0.4 is 4.90 Å². The van der Waals surface area contributed by atoms with E-state index in [9.17, 15) is 8.42 Å². The van der Waals surface area contributed by atoms with Crippen LogP contribution in [-0.2, 0) is 10.0 Å². The van der Waals surface area contributed by atoms with E-state index < -0.39 is 10.0 Å². The Morgan fingerprint density at radius 2 is 1.59 bits per heavy atom. The van der Waals surface area contributed by atoms with Crippen molar-refractivity contribution in [3.05, 3.63) is 57.7 Å². The molecule has 0 aliphatic carbocycles. The zero-order chi connectivity index (χ0) is 20.6. The second kappa shape index (κ2) is 8.00. The third-order valence-corrected chi connectivity index (χ3v) is 7.51. The van der Waals surface area contributed by atoms with Gasteiger partial charge in [-0.25, -0.2) is 23.1 Å². The minimum atomic E-state index is -3.48. The van der Waals surface area contributed by atoms with E-state index in [4.69, 9.17) is 0 Å². The molecule has 3 heterocycles. The van der Waals surface area contributed by atoms with E-state index in [0.29, 0.717) is 36.9 Å². The number of aromatic nitrogens is 4. The van der Waals surface area contributed by atoms with Gasteiger partial charge in [-0.2, -0.15) is 9.40 Å². The van der Waals surface area contributed by atoms with Gasteiger partial charge in [-0.05, 0) is 66.8 Å². The zero-order valence-corrected chi connectivity index (χ0v) is 19.1. The lowest BCUT2D eigenvalue weighted by atomic mass is 10.3. The number of nitrogens with zero attached hydrogens (tertiary/aromatic N) is 6. The molecule has 29 heavy (non-hydrogen) atoms. The van der Waals surface area contributed by atoms with Crippen LogP contribution in [0.1, 0.15) is 11.4 Å². The number of halogens is 1. The van der Waals surface area contributed by atoms with Crippen LogP contribution in [0.25, 0.3) is 5.82 Å². The van der Waals surface area contributed by atoms with Gasteiger partial charge >= 0.3 is 0 Å². The molecule has 0 saturated carbocycles. The summed E-state index contributed by atoms with van der Waals surface area (Å²) in [6.07, 6.45) is 1.52. The van der Waals surface area contributed by atoms with Crippen molar-refractivity contribution in [2.24, 2.45) is 0 Å². The molecule has 2 aromatic heterocycles. The molecule has 8 nitrogen and oxygen atoms in total. The predicted octanol–water partition coefficient (Wildman–Crippen LogP) is 2.39. The Morgan fingerprint density at radius 1 is 0.931 bits per heavy atom. The number of hydrogen-bond donors (Lipinski definition) is 0. The van der Waals surface area contributed by atoms with Gasteiger partial charge in [0.05, 0.1) is 10.6 Å². The Bertz CT molecular complexity index is 1120. The standard InChI is InChI=1S/C19H21IN6O2S/c1-14-11-15(2)26(23-14)19-12-18(21-13-22-19)24-7-9-25(10-8-24)29(27,28)17-5-3-16(20)4-6-17/h3-6,11-13H,7-10H2,1-2H3. The largest absolute Gasteiger partial charge is 0.354 e. The second-order valence-electron chi connectivity index (χ2n) is 6.92. The van der Waals surface area contributed by atoms with Crippen LogP contribution in [0.5, 0.6) is 0 Å². The van der Waals surface area contributed by atoms with Crippen LogP contribution in [-0.4, -0.2) is 58.7 Å². The number of anilines is 1. The van der Waals surface area contributed by atoms with E-state index in [2.05, 4.69) is 42.6 Å². The van der Waals surface area contributed by atoms with Crippen LogP contribution in [0.15, 0.2) is 47.6 Å². The molecule has 0 atom stereocenters. The van der Waals surface area contributed by atoms with Gasteiger partial charge in [-0.15, -0.1) is 0 Å². The topological polar surface area (TPSA) is 84.2 Å². The van der Waals surface area contributed by atoms with Crippen LogP contribution in [0, 0.1) is 17.4 Å². The summed E-state index contributed by atoms with van der Waals surface area (Å²) in [5, 5.41) is 4.47. The SMILES string of the molecule is Cc1cc(C)n(-c2cc(N3CCN(S(=O)(=O)c4ccc(I)cc4)CC3)ncn2)n1. The van der Waals surface area contributed by atoms with Crippen molar-refractivity contribution in [2.75, 3.05) is 31.1 Å². The first-order valence-electron chi connectivity index (χ1n) is 9.21. The molecule has 1 saturated heterocycles. The average molecular weight is 524 g/mol. The van der Waals surface area contributed by atoms with Gasteiger partial charge in [0.25, 0.3) is 0 Å². The summed E-state index contributed by atoms with van der Waals surface area (Å²) in [5.41, 5.74) is 1.93. The Labute approximate surface area is 183 Å². The monoisotopic (exact) mass is 524 g/mol. The molecule has 0 spiro atoms. The molecule has 4 rings (SSSR count). The smallest absolute Gasteiger partial charge is 0.243 e. The third kappa shape index (κ3) is 4.14. The first kappa shape index (κ1) is 20.2. The Morgan fingerprint density at radius 3 is 2.21 bits per heavy atom. The lowest BCUT2D eigenvalue weighted by molar-refractivity contribution is 0.383. The number of hydrogen-bond acceptors (Lipinski definition) is 6. The molecule has 0 amide bonds. The quantitative estimate of drug-likeness (QED) is 0.488. The van der Waals surface area contributed by atoms with Crippen molar-refractivity contribution >= 4 is 38.4 Å². The summed E-state index contributed by atoms with van der Waals surface area (Å²) >= 11 is 2.16. The van der Waals surface area contributed by atoms with E-state index in [-0.39, 0.29) is 0 Å². The molecule has 152 valence electrons. The lowest BCUT2D eigenvalue weighted by Gasteiger charge is -2.34. The van der Waals surface area contributed by atoms with Crippen LogP contribution >= 0.6 is 22.6 Å². The molecule has 1 aromatic carbocycles. The molecule has 1 aliphatic rings. The molecular formula is C19H21IN6O2S. The Hall–Kier alpha value is -2.05. The summed E-state index contributed by atoms with van der Waals surface area (Å²) in [6, 6.07) is 10.8. The summed E-state index contributed by atoms with van der Waals surface area (Å²) in [5.74, 6) is 1.48. The van der Waals surface area contributed by atoms with Crippen LogP contribution in [0.2, 0.25) is 0 Å². The first-order chi connectivity index (χ1) is 13.8. The zero-order valence-electron chi connectivity index (χ0n) is 16.2. The van der Waals surface area contributed by atoms with Crippen LogP contribution in [0.3, 0.4) is 0 Å². The number of aryl methyl sites for hydroxylation is 2.